The Kier molecular flexibility index (Phi) is 3.34. The molecule has 1 unspecified atom stereocenters. The lowest BCUT2D eigenvalue weighted by Crippen LogP contribution is -2.50. The SMILES string of the molecule is FC1CNCCC1(c1ccccc1)c1ccccc1. The zero-order valence-corrected chi connectivity index (χ0v) is 10.9. The van der Waals surface area contributed by atoms with Crippen LogP contribution in [0.1, 0.15) is 17.5 Å². The van der Waals surface area contributed by atoms with Crippen molar-refractivity contribution in [3.63, 3.8) is 0 Å². The normalized spacial score (nSPS) is 22.1. The standard InChI is InChI=1S/C17H18FN/c18-16-13-19-12-11-17(16,14-7-3-1-4-8-14)15-9-5-2-6-10-15/h1-10,16,19H,11-13H2. The minimum absolute atomic E-state index is 0.420. The van der Waals surface area contributed by atoms with Crippen LogP contribution in [-0.2, 0) is 5.41 Å². The Bertz CT molecular complexity index is 484. The Hall–Kier alpha value is -1.67. The molecule has 0 aromatic heterocycles. The lowest BCUT2D eigenvalue weighted by molar-refractivity contribution is 0.171. The number of benzene rings is 2. The summed E-state index contributed by atoms with van der Waals surface area (Å²) in [6, 6.07) is 20.1. The van der Waals surface area contributed by atoms with Crippen molar-refractivity contribution >= 4 is 0 Å². The van der Waals surface area contributed by atoms with Gasteiger partial charge in [0.05, 0.1) is 5.41 Å². The fraction of sp³-hybridized carbons (Fsp3) is 0.294. The fourth-order valence-electron chi connectivity index (χ4n) is 3.13. The zero-order chi connectivity index (χ0) is 13.1. The number of nitrogens with one attached hydrogen (secondary N) is 1. The van der Waals surface area contributed by atoms with Gasteiger partial charge in [-0.05, 0) is 24.1 Å². The van der Waals surface area contributed by atoms with Gasteiger partial charge in [0, 0.05) is 6.54 Å². The average molecular weight is 255 g/mol. The smallest absolute Gasteiger partial charge is 0.126 e. The molecular formula is C17H18FN. The topological polar surface area (TPSA) is 12.0 Å². The van der Waals surface area contributed by atoms with Gasteiger partial charge in [0.15, 0.2) is 0 Å². The van der Waals surface area contributed by atoms with E-state index in [4.69, 9.17) is 0 Å². The van der Waals surface area contributed by atoms with Crippen LogP contribution in [0.15, 0.2) is 60.7 Å². The molecule has 1 aliphatic rings. The molecule has 1 aliphatic heterocycles. The van der Waals surface area contributed by atoms with Gasteiger partial charge in [-0.3, -0.25) is 0 Å². The number of hydrogen-bond donors (Lipinski definition) is 1. The maximum Gasteiger partial charge on any atom is 0.126 e. The van der Waals surface area contributed by atoms with Crippen LogP contribution in [0.5, 0.6) is 0 Å². The van der Waals surface area contributed by atoms with Gasteiger partial charge >= 0.3 is 0 Å². The molecule has 0 bridgehead atoms. The van der Waals surface area contributed by atoms with Crippen molar-refractivity contribution in [3.8, 4) is 0 Å². The van der Waals surface area contributed by atoms with Crippen LogP contribution in [0.2, 0.25) is 0 Å². The maximum atomic E-state index is 14.8. The van der Waals surface area contributed by atoms with Crippen LogP contribution in [0.4, 0.5) is 4.39 Å². The molecule has 0 radical (unpaired) electrons. The number of piperidine rings is 1. The summed E-state index contributed by atoms with van der Waals surface area (Å²) in [5.74, 6) is 0. The third kappa shape index (κ3) is 2.06. The first-order valence-corrected chi connectivity index (χ1v) is 6.80. The second-order valence-corrected chi connectivity index (χ2v) is 5.13. The Morgan fingerprint density at radius 1 is 0.895 bits per heavy atom. The molecule has 1 nitrogen and oxygen atoms in total. The van der Waals surface area contributed by atoms with Crippen molar-refractivity contribution in [2.45, 2.75) is 18.0 Å². The van der Waals surface area contributed by atoms with Crippen molar-refractivity contribution in [2.75, 3.05) is 13.1 Å². The fourth-order valence-corrected chi connectivity index (χ4v) is 3.13. The molecule has 98 valence electrons. The van der Waals surface area contributed by atoms with Crippen molar-refractivity contribution in [1.29, 1.82) is 0 Å². The Morgan fingerprint density at radius 2 is 1.42 bits per heavy atom. The van der Waals surface area contributed by atoms with E-state index < -0.39 is 11.6 Å². The molecule has 0 saturated carbocycles. The van der Waals surface area contributed by atoms with Crippen molar-refractivity contribution in [2.24, 2.45) is 0 Å². The number of hydrogen-bond acceptors (Lipinski definition) is 1. The zero-order valence-electron chi connectivity index (χ0n) is 10.9. The molecular weight excluding hydrogens is 237 g/mol. The summed E-state index contributed by atoms with van der Waals surface area (Å²) in [5, 5.41) is 3.15. The van der Waals surface area contributed by atoms with E-state index in [0.29, 0.717) is 6.54 Å². The predicted molar refractivity (Wildman–Crippen MR) is 76.0 cm³/mol. The van der Waals surface area contributed by atoms with Gasteiger partial charge in [-0.2, -0.15) is 0 Å². The van der Waals surface area contributed by atoms with Crippen LogP contribution in [0, 0.1) is 0 Å². The molecule has 2 aromatic carbocycles. The van der Waals surface area contributed by atoms with Crippen LogP contribution in [-0.4, -0.2) is 19.3 Å². The summed E-state index contributed by atoms with van der Waals surface area (Å²) >= 11 is 0. The Labute approximate surface area is 113 Å². The van der Waals surface area contributed by atoms with Gasteiger partial charge in [-0.25, -0.2) is 4.39 Å². The average Bonchev–Trinajstić information content (AvgIpc) is 2.50. The van der Waals surface area contributed by atoms with Crippen LogP contribution < -0.4 is 5.32 Å². The summed E-state index contributed by atoms with van der Waals surface area (Å²) < 4.78 is 14.8. The molecule has 1 saturated heterocycles. The summed E-state index contributed by atoms with van der Waals surface area (Å²) in [5.41, 5.74) is 1.65. The predicted octanol–water partition coefficient (Wildman–Crippen LogP) is 3.30. The third-order valence-electron chi connectivity index (χ3n) is 4.13. The highest BCUT2D eigenvalue weighted by atomic mass is 19.1. The third-order valence-corrected chi connectivity index (χ3v) is 4.13. The van der Waals surface area contributed by atoms with Gasteiger partial charge in [-0.15, -0.1) is 0 Å². The second-order valence-electron chi connectivity index (χ2n) is 5.13. The minimum Gasteiger partial charge on any atom is -0.314 e. The quantitative estimate of drug-likeness (QED) is 0.868. The van der Waals surface area contributed by atoms with E-state index >= 15 is 0 Å². The van der Waals surface area contributed by atoms with E-state index in [-0.39, 0.29) is 0 Å². The van der Waals surface area contributed by atoms with E-state index in [1.165, 1.54) is 0 Å². The van der Waals surface area contributed by atoms with E-state index in [2.05, 4.69) is 5.32 Å². The summed E-state index contributed by atoms with van der Waals surface area (Å²) in [6.07, 6.45) is -0.103. The van der Waals surface area contributed by atoms with Crippen LogP contribution >= 0.6 is 0 Å². The van der Waals surface area contributed by atoms with E-state index in [1.54, 1.807) is 0 Å². The number of halogens is 1. The van der Waals surface area contributed by atoms with E-state index in [9.17, 15) is 4.39 Å². The molecule has 2 aromatic rings. The van der Waals surface area contributed by atoms with Gasteiger partial charge < -0.3 is 5.32 Å². The highest BCUT2D eigenvalue weighted by molar-refractivity contribution is 5.42. The lowest BCUT2D eigenvalue weighted by atomic mass is 9.67. The van der Waals surface area contributed by atoms with Gasteiger partial charge in [0.1, 0.15) is 6.17 Å². The highest BCUT2D eigenvalue weighted by Crippen LogP contribution is 2.41. The maximum absolute atomic E-state index is 14.8. The summed E-state index contributed by atoms with van der Waals surface area (Å²) in [6.45, 7) is 1.27. The van der Waals surface area contributed by atoms with E-state index in [1.807, 2.05) is 60.7 Å². The molecule has 0 spiro atoms. The molecule has 3 rings (SSSR count). The molecule has 1 heterocycles. The summed E-state index contributed by atoms with van der Waals surface area (Å²) in [4.78, 5) is 0. The first kappa shape index (κ1) is 12.4. The van der Waals surface area contributed by atoms with Crippen molar-refractivity contribution < 1.29 is 4.39 Å². The highest BCUT2D eigenvalue weighted by Gasteiger charge is 2.44. The summed E-state index contributed by atoms with van der Waals surface area (Å²) in [7, 11) is 0. The monoisotopic (exact) mass is 255 g/mol. The minimum atomic E-state index is -0.897. The van der Waals surface area contributed by atoms with E-state index in [0.717, 1.165) is 24.1 Å². The van der Waals surface area contributed by atoms with Crippen LogP contribution in [0.3, 0.4) is 0 Å². The number of rotatable bonds is 2. The molecule has 2 heteroatoms. The molecule has 0 aliphatic carbocycles. The Morgan fingerprint density at radius 3 is 1.89 bits per heavy atom. The van der Waals surface area contributed by atoms with Crippen molar-refractivity contribution in [1.82, 2.24) is 5.32 Å². The molecule has 1 atom stereocenters. The number of alkyl halides is 1. The molecule has 1 N–H and O–H groups in total. The van der Waals surface area contributed by atoms with Gasteiger partial charge in [0.25, 0.3) is 0 Å². The lowest BCUT2D eigenvalue weighted by Gasteiger charge is -2.41. The molecule has 0 amide bonds. The second kappa shape index (κ2) is 5.14. The van der Waals surface area contributed by atoms with Gasteiger partial charge in [0.2, 0.25) is 0 Å². The van der Waals surface area contributed by atoms with Gasteiger partial charge in [-0.1, -0.05) is 60.7 Å². The molecule has 1 fully saturated rings. The first-order chi connectivity index (χ1) is 9.34. The first-order valence-electron chi connectivity index (χ1n) is 6.80. The molecule has 19 heavy (non-hydrogen) atoms. The van der Waals surface area contributed by atoms with Crippen molar-refractivity contribution in [3.05, 3.63) is 71.8 Å². The van der Waals surface area contributed by atoms with Crippen LogP contribution in [0.25, 0.3) is 0 Å². The Balaban J connectivity index is 2.16. The largest absolute Gasteiger partial charge is 0.314 e.